The smallest absolute Gasteiger partial charge is 0.268 e. The van der Waals surface area contributed by atoms with E-state index < -0.39 is 23.1 Å². The first-order valence-electron chi connectivity index (χ1n) is 13.1. The van der Waals surface area contributed by atoms with Crippen LogP contribution in [0.2, 0.25) is 0 Å². The maximum Gasteiger partial charge on any atom is 0.268 e. The summed E-state index contributed by atoms with van der Waals surface area (Å²) in [5, 5.41) is 2.57. The minimum atomic E-state index is -0.711. The number of rotatable bonds is 7. The zero-order valence-corrected chi connectivity index (χ0v) is 23.1. The number of nitrogens with zero attached hydrogens (tertiary/aromatic N) is 2. The van der Waals surface area contributed by atoms with Gasteiger partial charge in [-0.2, -0.15) is 11.8 Å². The van der Waals surface area contributed by atoms with Gasteiger partial charge >= 0.3 is 0 Å². The van der Waals surface area contributed by atoms with Crippen molar-refractivity contribution in [2.24, 2.45) is 5.73 Å². The number of carbonyl (C=O) groups is 1. The summed E-state index contributed by atoms with van der Waals surface area (Å²) in [6, 6.07) is 14.3. The Labute approximate surface area is 240 Å². The molecule has 2 aromatic carbocycles. The minimum Gasteiger partial charge on any atom is -0.452 e. The maximum atomic E-state index is 15.2. The number of amides is 1. The molecule has 0 atom stereocenters. The Morgan fingerprint density at radius 1 is 1.07 bits per heavy atom. The zero-order chi connectivity index (χ0) is 28.9. The first-order chi connectivity index (χ1) is 19.8. The van der Waals surface area contributed by atoms with E-state index in [1.165, 1.54) is 53.2 Å². The summed E-state index contributed by atoms with van der Waals surface area (Å²) < 4.78 is 35.8. The molecule has 0 radical (unpaired) electrons. The average molecular weight is 575 g/mol. The number of hydrogen-bond acceptors (Lipinski definition) is 6. The second-order valence-electron chi connectivity index (χ2n) is 9.60. The molecule has 3 heterocycles. The number of anilines is 1. The number of hydrogen-bond donors (Lipinski definition) is 2. The van der Waals surface area contributed by atoms with Gasteiger partial charge in [-0.3, -0.25) is 19.1 Å². The molecule has 1 fully saturated rings. The Bertz CT molecular complexity index is 1670. The molecule has 10 heteroatoms. The van der Waals surface area contributed by atoms with Crippen molar-refractivity contribution in [3.8, 4) is 17.2 Å². The number of ether oxygens (including phenoxy) is 1. The van der Waals surface area contributed by atoms with Gasteiger partial charge in [0.1, 0.15) is 17.1 Å². The number of halogens is 2. The molecule has 210 valence electrons. The van der Waals surface area contributed by atoms with Crippen LogP contribution >= 0.6 is 11.8 Å². The van der Waals surface area contributed by atoms with E-state index in [1.54, 1.807) is 19.1 Å². The van der Waals surface area contributed by atoms with Gasteiger partial charge in [0.25, 0.3) is 11.5 Å². The summed E-state index contributed by atoms with van der Waals surface area (Å²) in [6.07, 6.45) is 6.82. The number of thioether (sulfide) groups is 1. The van der Waals surface area contributed by atoms with Crippen LogP contribution in [0.5, 0.6) is 11.5 Å². The van der Waals surface area contributed by atoms with Gasteiger partial charge in [0.15, 0.2) is 17.3 Å². The highest BCUT2D eigenvalue weighted by Gasteiger charge is 2.20. The molecule has 4 aromatic rings. The molecule has 41 heavy (non-hydrogen) atoms. The van der Waals surface area contributed by atoms with Crippen molar-refractivity contribution in [3.63, 3.8) is 0 Å². The third-order valence-corrected chi connectivity index (χ3v) is 7.91. The van der Waals surface area contributed by atoms with E-state index in [1.807, 2.05) is 24.0 Å². The molecule has 2 aromatic heterocycles. The Morgan fingerprint density at radius 2 is 1.83 bits per heavy atom. The summed E-state index contributed by atoms with van der Waals surface area (Å²) in [5.74, 6) is 0.974. The standard InChI is InChI=1S/C31H28F2N4O3S/c1-19-2-8-25(31(39)37(19)24-6-3-22(32)4-7-24)30(38)36-23-5-9-28(26(33)17-23)40-29-16-21(18-35-27(29)10-13-34)20-11-14-41-15-12-20/h2-10,13,16-18,20H,11-12,14-15,34H2,1H3,(H,36,38). The Morgan fingerprint density at radius 3 is 2.54 bits per heavy atom. The van der Waals surface area contributed by atoms with Crippen LogP contribution < -0.4 is 21.3 Å². The summed E-state index contributed by atoms with van der Waals surface area (Å²) in [7, 11) is 0. The van der Waals surface area contributed by atoms with Crippen LogP contribution in [0.15, 0.2) is 77.9 Å². The van der Waals surface area contributed by atoms with Gasteiger partial charge in [-0.15, -0.1) is 0 Å². The third kappa shape index (κ3) is 6.33. The quantitative estimate of drug-likeness (QED) is 0.265. The van der Waals surface area contributed by atoms with Crippen molar-refractivity contribution in [2.75, 3.05) is 16.8 Å². The molecule has 0 spiro atoms. The molecule has 0 unspecified atom stereocenters. The second-order valence-corrected chi connectivity index (χ2v) is 10.8. The molecular formula is C31H28F2N4O3S. The molecule has 3 N–H and O–H groups in total. The number of nitrogens with one attached hydrogen (secondary N) is 1. The Balaban J connectivity index is 1.37. The van der Waals surface area contributed by atoms with Gasteiger partial charge in [-0.25, -0.2) is 8.78 Å². The van der Waals surface area contributed by atoms with E-state index in [4.69, 9.17) is 10.5 Å². The number of nitrogens with two attached hydrogens (primary N) is 1. The lowest BCUT2D eigenvalue weighted by Gasteiger charge is -2.22. The summed E-state index contributed by atoms with van der Waals surface area (Å²) in [5.41, 5.74) is 7.47. The number of aromatic nitrogens is 2. The summed E-state index contributed by atoms with van der Waals surface area (Å²) in [6.45, 7) is 1.70. The number of pyridine rings is 2. The molecular weight excluding hydrogens is 546 g/mol. The first kappa shape index (κ1) is 28.1. The number of benzene rings is 2. The molecule has 0 aliphatic carbocycles. The van der Waals surface area contributed by atoms with Crippen molar-refractivity contribution in [1.29, 1.82) is 0 Å². The lowest BCUT2D eigenvalue weighted by atomic mass is 9.94. The highest BCUT2D eigenvalue weighted by Crippen LogP contribution is 2.36. The minimum absolute atomic E-state index is 0.0539. The molecule has 1 aliphatic rings. The Hall–Kier alpha value is -4.44. The molecule has 1 amide bonds. The largest absolute Gasteiger partial charge is 0.452 e. The van der Waals surface area contributed by atoms with Crippen LogP contribution in [-0.4, -0.2) is 27.0 Å². The second kappa shape index (κ2) is 12.4. The normalized spacial score (nSPS) is 13.8. The third-order valence-electron chi connectivity index (χ3n) is 6.87. The zero-order valence-electron chi connectivity index (χ0n) is 22.3. The molecule has 1 aliphatic heterocycles. The van der Waals surface area contributed by atoms with E-state index in [0.717, 1.165) is 36.0 Å². The van der Waals surface area contributed by atoms with Gasteiger partial charge in [0.2, 0.25) is 0 Å². The highest BCUT2D eigenvalue weighted by atomic mass is 32.2. The van der Waals surface area contributed by atoms with Crippen molar-refractivity contribution < 1.29 is 18.3 Å². The molecule has 0 bridgehead atoms. The number of aryl methyl sites for hydroxylation is 1. The predicted octanol–water partition coefficient (Wildman–Crippen LogP) is 6.40. The van der Waals surface area contributed by atoms with Crippen molar-refractivity contribution in [2.45, 2.75) is 25.7 Å². The SMILES string of the molecule is Cc1ccc(C(=O)Nc2ccc(Oc3cc(C4CCSCC4)cnc3C=CN)c(F)c2)c(=O)n1-c1ccc(F)cc1. The van der Waals surface area contributed by atoms with Crippen LogP contribution in [0, 0.1) is 18.6 Å². The van der Waals surface area contributed by atoms with Crippen molar-refractivity contribution in [1.82, 2.24) is 9.55 Å². The average Bonchev–Trinajstić information content (AvgIpc) is 2.97. The van der Waals surface area contributed by atoms with E-state index in [9.17, 15) is 14.0 Å². The Kier molecular flexibility index (Phi) is 8.49. The predicted molar refractivity (Wildman–Crippen MR) is 158 cm³/mol. The van der Waals surface area contributed by atoms with Crippen LogP contribution in [0.3, 0.4) is 0 Å². The van der Waals surface area contributed by atoms with Gasteiger partial charge in [-0.1, -0.05) is 0 Å². The van der Waals surface area contributed by atoms with Crippen molar-refractivity contribution in [3.05, 3.63) is 118 Å². The van der Waals surface area contributed by atoms with Gasteiger partial charge in [0.05, 0.1) is 0 Å². The van der Waals surface area contributed by atoms with Crippen LogP contribution in [0.4, 0.5) is 14.5 Å². The molecule has 1 saturated heterocycles. The fraction of sp³-hybridized carbons (Fsp3) is 0.194. The molecule has 0 saturated carbocycles. The monoisotopic (exact) mass is 574 g/mol. The van der Waals surface area contributed by atoms with E-state index in [-0.39, 0.29) is 17.0 Å². The first-order valence-corrected chi connectivity index (χ1v) is 14.2. The van der Waals surface area contributed by atoms with E-state index in [0.29, 0.717) is 28.7 Å². The highest BCUT2D eigenvalue weighted by molar-refractivity contribution is 7.99. The topological polar surface area (TPSA) is 99.2 Å². The fourth-order valence-corrected chi connectivity index (χ4v) is 5.82. The van der Waals surface area contributed by atoms with E-state index in [2.05, 4.69) is 10.3 Å². The van der Waals surface area contributed by atoms with Crippen LogP contribution in [-0.2, 0) is 0 Å². The molecule has 5 rings (SSSR count). The fourth-order valence-electron chi connectivity index (χ4n) is 4.72. The molecule has 7 nitrogen and oxygen atoms in total. The number of carbonyl (C=O) groups excluding carboxylic acids is 1. The van der Waals surface area contributed by atoms with Gasteiger partial charge in [0, 0.05) is 29.3 Å². The van der Waals surface area contributed by atoms with Crippen LogP contribution in [0.1, 0.15) is 46.1 Å². The van der Waals surface area contributed by atoms with Gasteiger partial charge < -0.3 is 15.8 Å². The lowest BCUT2D eigenvalue weighted by molar-refractivity contribution is 0.102. The van der Waals surface area contributed by atoms with Gasteiger partial charge in [-0.05, 0) is 110 Å². The lowest BCUT2D eigenvalue weighted by Crippen LogP contribution is -2.29. The summed E-state index contributed by atoms with van der Waals surface area (Å²) >= 11 is 1.93. The van der Waals surface area contributed by atoms with Crippen molar-refractivity contribution >= 4 is 29.4 Å². The maximum absolute atomic E-state index is 15.2. The van der Waals surface area contributed by atoms with E-state index >= 15 is 4.39 Å². The van der Waals surface area contributed by atoms with Crippen LogP contribution in [0.25, 0.3) is 11.8 Å². The summed E-state index contributed by atoms with van der Waals surface area (Å²) in [4.78, 5) is 30.6.